The van der Waals surface area contributed by atoms with Crippen LogP contribution < -0.4 is 4.74 Å². The van der Waals surface area contributed by atoms with Crippen molar-refractivity contribution in [1.29, 1.82) is 0 Å². The van der Waals surface area contributed by atoms with Gasteiger partial charge in [0.1, 0.15) is 11.3 Å². The molecule has 0 aliphatic carbocycles. The second kappa shape index (κ2) is 7.85. The van der Waals surface area contributed by atoms with Crippen LogP contribution in [0.5, 0.6) is 5.75 Å². The quantitative estimate of drug-likeness (QED) is 0.368. The smallest absolute Gasteiger partial charge is 0.496 e. The number of hydrogen-bond donors (Lipinski definition) is 3. The summed E-state index contributed by atoms with van der Waals surface area (Å²) in [6, 6.07) is 5.98. The van der Waals surface area contributed by atoms with Crippen molar-refractivity contribution >= 4 is 27.8 Å². The summed E-state index contributed by atoms with van der Waals surface area (Å²) in [6.45, 7) is 1.22. The lowest BCUT2D eigenvalue weighted by atomic mass is 10.2. The van der Waals surface area contributed by atoms with E-state index in [-0.39, 0.29) is 11.3 Å². The zero-order valence-corrected chi connectivity index (χ0v) is 10.00. The molecule has 0 aliphatic heterocycles. The summed E-state index contributed by atoms with van der Waals surface area (Å²) in [5.74, 6) is -1.58. The number of carboxylic acid groups (broad SMARTS) is 1. The monoisotopic (exact) mass is 242 g/mol. The topological polar surface area (TPSA) is 104 Å². The Balaban J connectivity index is 0.000000673. The van der Waals surface area contributed by atoms with E-state index in [1.54, 1.807) is 12.1 Å². The fourth-order valence-corrected chi connectivity index (χ4v) is 0.887. The Morgan fingerprint density at radius 2 is 1.75 bits per heavy atom. The van der Waals surface area contributed by atoms with Gasteiger partial charge < -0.3 is 18.2 Å². The maximum Gasteiger partial charge on any atom is 0.644 e. The number of para-hydroxylation sites is 1. The molecular formula is C9H11AlO6. The maximum atomic E-state index is 10.6. The van der Waals surface area contributed by atoms with E-state index in [2.05, 4.69) is 4.74 Å². The Hall–Kier alpha value is -1.39. The molecule has 7 heteroatoms. The highest BCUT2D eigenvalue weighted by molar-refractivity contribution is 6.13. The van der Waals surface area contributed by atoms with Crippen molar-refractivity contribution in [2.24, 2.45) is 0 Å². The first-order valence-electron chi connectivity index (χ1n) is 4.25. The minimum absolute atomic E-state index is 0.0160. The lowest BCUT2D eigenvalue weighted by Crippen LogP contribution is -2.06. The molecule has 0 fully saturated rings. The van der Waals surface area contributed by atoms with Crippen LogP contribution in [0.25, 0.3) is 0 Å². The predicted molar refractivity (Wildman–Crippen MR) is 56.3 cm³/mol. The van der Waals surface area contributed by atoms with Crippen LogP contribution >= 0.6 is 0 Å². The molecule has 1 aromatic rings. The van der Waals surface area contributed by atoms with E-state index in [1.807, 2.05) is 0 Å². The lowest BCUT2D eigenvalue weighted by Gasteiger charge is -2.03. The van der Waals surface area contributed by atoms with Gasteiger partial charge in [0.25, 0.3) is 0 Å². The SMILES string of the molecule is CC(=O)Oc1ccccc1C(=O)O.[OH][AlH][OH]. The number of carbonyl (C=O) groups is 2. The molecule has 3 N–H and O–H groups in total. The lowest BCUT2D eigenvalue weighted by molar-refractivity contribution is -0.131. The number of ether oxygens (including phenoxy) is 1. The second-order valence-electron chi connectivity index (χ2n) is 2.54. The van der Waals surface area contributed by atoms with Gasteiger partial charge in [0.15, 0.2) is 0 Å². The average Bonchev–Trinajstić information content (AvgIpc) is 2.18. The van der Waals surface area contributed by atoms with Gasteiger partial charge in [-0.2, -0.15) is 0 Å². The van der Waals surface area contributed by atoms with Gasteiger partial charge >= 0.3 is 27.8 Å². The van der Waals surface area contributed by atoms with Crippen molar-refractivity contribution in [2.75, 3.05) is 0 Å². The molecule has 86 valence electrons. The molecule has 16 heavy (non-hydrogen) atoms. The molecular weight excluding hydrogens is 231 g/mol. The van der Waals surface area contributed by atoms with Crippen LogP contribution in [0.2, 0.25) is 0 Å². The molecule has 1 aromatic carbocycles. The summed E-state index contributed by atoms with van der Waals surface area (Å²) in [5.41, 5.74) is -0.0160. The number of esters is 1. The van der Waals surface area contributed by atoms with Crippen LogP contribution in [-0.4, -0.2) is 41.2 Å². The summed E-state index contributed by atoms with van der Waals surface area (Å²) in [4.78, 5) is 21.2. The standard InChI is InChI=1S/C9H8O4.Al.2H2O.H/c1-6(10)13-8-5-3-2-4-7(8)9(11)12;;;;/h2-5H,1H3,(H,11,12);;2*1H2;/q;+2;;;/p-2. The minimum Gasteiger partial charge on any atom is -0.496 e. The molecule has 0 heterocycles. The molecule has 0 saturated heterocycles. The van der Waals surface area contributed by atoms with E-state index in [1.165, 1.54) is 19.1 Å². The van der Waals surface area contributed by atoms with Crippen LogP contribution in [0.4, 0.5) is 0 Å². The third-order valence-electron chi connectivity index (χ3n) is 1.37. The third kappa shape index (κ3) is 5.48. The Morgan fingerprint density at radius 3 is 2.19 bits per heavy atom. The van der Waals surface area contributed by atoms with Gasteiger partial charge in [0.2, 0.25) is 0 Å². The first-order valence-corrected chi connectivity index (χ1v) is 5.51. The average molecular weight is 242 g/mol. The molecule has 0 saturated carbocycles. The normalized spacial score (nSPS) is 8.44. The van der Waals surface area contributed by atoms with Crippen molar-refractivity contribution in [1.82, 2.24) is 0 Å². The highest BCUT2D eigenvalue weighted by atomic mass is 27.2. The van der Waals surface area contributed by atoms with Gasteiger partial charge in [0.05, 0.1) is 0 Å². The molecule has 0 unspecified atom stereocenters. The van der Waals surface area contributed by atoms with Gasteiger partial charge in [-0.05, 0) is 12.1 Å². The predicted octanol–water partition coefficient (Wildman–Crippen LogP) is -0.452. The largest absolute Gasteiger partial charge is 0.644 e. The first kappa shape index (κ1) is 14.6. The number of carboxylic acids is 1. The molecule has 1 rings (SSSR count). The Labute approximate surface area is 98.5 Å². The Kier molecular flexibility index (Phi) is 7.17. The molecule has 0 aliphatic rings. The van der Waals surface area contributed by atoms with Crippen LogP contribution in [0, 0.1) is 0 Å². The van der Waals surface area contributed by atoms with E-state index in [4.69, 9.17) is 13.4 Å². The van der Waals surface area contributed by atoms with Crippen molar-refractivity contribution in [3.63, 3.8) is 0 Å². The number of rotatable bonds is 2. The molecule has 0 amide bonds. The highest BCUT2D eigenvalue weighted by Gasteiger charge is 2.10. The summed E-state index contributed by atoms with van der Waals surface area (Å²) >= 11 is -1.58. The summed E-state index contributed by atoms with van der Waals surface area (Å²) in [6.07, 6.45) is 0. The van der Waals surface area contributed by atoms with Gasteiger partial charge in [-0.3, -0.25) is 4.79 Å². The molecule has 0 spiro atoms. The summed E-state index contributed by atoms with van der Waals surface area (Å²) in [7, 11) is 0. The van der Waals surface area contributed by atoms with Crippen molar-refractivity contribution in [3.8, 4) is 5.75 Å². The van der Waals surface area contributed by atoms with Crippen molar-refractivity contribution < 1.29 is 27.7 Å². The molecule has 0 aromatic heterocycles. The van der Waals surface area contributed by atoms with Crippen LogP contribution in [0.1, 0.15) is 17.3 Å². The van der Waals surface area contributed by atoms with Gasteiger partial charge in [-0.15, -0.1) is 0 Å². The summed E-state index contributed by atoms with van der Waals surface area (Å²) < 4.78 is 19.2. The number of carbonyl (C=O) groups excluding carboxylic acids is 1. The van der Waals surface area contributed by atoms with Crippen molar-refractivity contribution in [3.05, 3.63) is 29.8 Å². The number of hydrogen-bond acceptors (Lipinski definition) is 5. The first-order chi connectivity index (χ1) is 7.52. The molecule has 6 nitrogen and oxygen atoms in total. The van der Waals surface area contributed by atoms with Crippen molar-refractivity contribution in [2.45, 2.75) is 6.92 Å². The number of aromatic carboxylic acids is 1. The highest BCUT2D eigenvalue weighted by Crippen LogP contribution is 2.17. The molecule has 0 radical (unpaired) electrons. The Bertz CT molecular complexity index is 365. The maximum absolute atomic E-state index is 10.6. The van der Waals surface area contributed by atoms with E-state index >= 15 is 0 Å². The third-order valence-corrected chi connectivity index (χ3v) is 1.37. The second-order valence-corrected chi connectivity index (χ2v) is 2.82. The summed E-state index contributed by atoms with van der Waals surface area (Å²) in [5, 5.41) is 8.69. The van der Waals surface area contributed by atoms with Gasteiger partial charge in [0, 0.05) is 6.92 Å². The number of benzene rings is 1. The zero-order valence-electron chi connectivity index (χ0n) is 8.58. The Morgan fingerprint density at radius 1 is 1.25 bits per heavy atom. The van der Waals surface area contributed by atoms with Crippen LogP contribution in [0.15, 0.2) is 24.3 Å². The van der Waals surface area contributed by atoms with Crippen LogP contribution in [0.3, 0.4) is 0 Å². The van der Waals surface area contributed by atoms with Gasteiger partial charge in [-0.1, -0.05) is 12.1 Å². The van der Waals surface area contributed by atoms with E-state index in [9.17, 15) is 9.59 Å². The van der Waals surface area contributed by atoms with Crippen LogP contribution in [-0.2, 0) is 4.79 Å². The minimum atomic E-state index is -1.58. The van der Waals surface area contributed by atoms with Gasteiger partial charge in [-0.25, -0.2) is 4.79 Å². The van der Waals surface area contributed by atoms with E-state index < -0.39 is 27.8 Å². The zero-order chi connectivity index (χ0) is 12.6. The van der Waals surface area contributed by atoms with E-state index in [0.29, 0.717) is 0 Å². The molecule has 0 atom stereocenters. The fraction of sp³-hybridized carbons (Fsp3) is 0.111. The molecule has 0 bridgehead atoms. The van der Waals surface area contributed by atoms with E-state index in [0.717, 1.165) is 0 Å². The fourth-order valence-electron chi connectivity index (χ4n) is 0.887.